The van der Waals surface area contributed by atoms with Crippen molar-refractivity contribution in [2.24, 2.45) is 0 Å². The molecule has 2 rings (SSSR count). The molecule has 1 aromatic carbocycles. The molecule has 0 fully saturated rings. The molecule has 1 aromatic heterocycles. The van der Waals surface area contributed by atoms with Crippen molar-refractivity contribution in [2.75, 3.05) is 0 Å². The van der Waals surface area contributed by atoms with Crippen LogP contribution in [0.1, 0.15) is 5.69 Å². The van der Waals surface area contributed by atoms with Gasteiger partial charge in [-0.05, 0) is 5.56 Å². The van der Waals surface area contributed by atoms with E-state index >= 15 is 0 Å². The van der Waals surface area contributed by atoms with Gasteiger partial charge in [0.05, 0.1) is 5.69 Å². The zero-order valence-electron chi connectivity index (χ0n) is 9.50. The predicted octanol–water partition coefficient (Wildman–Crippen LogP) is 1.38. The second-order valence-corrected chi connectivity index (χ2v) is 3.97. The van der Waals surface area contributed by atoms with Gasteiger partial charge in [-0.15, -0.1) is 0 Å². The molecule has 0 saturated heterocycles. The number of aromatic nitrogens is 1. The molecule has 0 bridgehead atoms. The highest BCUT2D eigenvalue weighted by Crippen LogP contribution is 2.26. The second kappa shape index (κ2) is 4.93. The SMILES string of the molecule is O=C(O)C(O)Cc1[nH]c(-c2ccccc2)cc1O. The van der Waals surface area contributed by atoms with Crippen molar-refractivity contribution in [2.45, 2.75) is 12.5 Å². The molecule has 5 nitrogen and oxygen atoms in total. The molecule has 4 N–H and O–H groups in total. The molecule has 0 aliphatic heterocycles. The van der Waals surface area contributed by atoms with Gasteiger partial charge in [-0.3, -0.25) is 0 Å². The van der Waals surface area contributed by atoms with Crippen LogP contribution in [0.3, 0.4) is 0 Å². The fourth-order valence-corrected chi connectivity index (χ4v) is 1.70. The lowest BCUT2D eigenvalue weighted by molar-refractivity contribution is -0.146. The fraction of sp³-hybridized carbons (Fsp3) is 0.154. The molecular formula is C13H13NO4. The first-order chi connectivity index (χ1) is 8.58. The largest absolute Gasteiger partial charge is 0.506 e. The molecule has 0 saturated carbocycles. The van der Waals surface area contributed by atoms with Gasteiger partial charge in [-0.25, -0.2) is 4.79 Å². The van der Waals surface area contributed by atoms with Gasteiger partial charge in [-0.2, -0.15) is 0 Å². The Balaban J connectivity index is 2.25. The summed E-state index contributed by atoms with van der Waals surface area (Å²) in [5.74, 6) is -1.36. The van der Waals surface area contributed by atoms with E-state index in [1.165, 1.54) is 6.07 Å². The number of nitrogens with one attached hydrogen (secondary N) is 1. The van der Waals surface area contributed by atoms with E-state index in [-0.39, 0.29) is 12.2 Å². The number of rotatable bonds is 4. The molecule has 2 aromatic rings. The number of hydrogen-bond acceptors (Lipinski definition) is 3. The lowest BCUT2D eigenvalue weighted by Gasteiger charge is -2.03. The number of carboxylic acids is 1. The van der Waals surface area contributed by atoms with Crippen LogP contribution < -0.4 is 0 Å². The summed E-state index contributed by atoms with van der Waals surface area (Å²) in [5, 5.41) is 27.6. The van der Waals surface area contributed by atoms with E-state index in [1.807, 2.05) is 30.3 Å². The van der Waals surface area contributed by atoms with Crippen molar-refractivity contribution in [3.8, 4) is 17.0 Å². The van der Waals surface area contributed by atoms with E-state index in [4.69, 9.17) is 5.11 Å². The van der Waals surface area contributed by atoms with E-state index in [1.54, 1.807) is 0 Å². The maximum atomic E-state index is 10.5. The molecule has 0 aliphatic carbocycles. The Kier molecular flexibility index (Phi) is 3.34. The molecular weight excluding hydrogens is 234 g/mol. The zero-order chi connectivity index (χ0) is 13.1. The van der Waals surface area contributed by atoms with Crippen molar-refractivity contribution < 1.29 is 20.1 Å². The van der Waals surface area contributed by atoms with Gasteiger partial charge in [0.15, 0.2) is 6.10 Å². The number of carboxylic acid groups (broad SMARTS) is 1. The number of aliphatic hydroxyl groups is 1. The number of H-pyrrole nitrogens is 1. The zero-order valence-corrected chi connectivity index (χ0v) is 9.50. The smallest absolute Gasteiger partial charge is 0.332 e. The average molecular weight is 247 g/mol. The summed E-state index contributed by atoms with van der Waals surface area (Å²) < 4.78 is 0. The van der Waals surface area contributed by atoms with Gasteiger partial charge >= 0.3 is 5.97 Å². The van der Waals surface area contributed by atoms with Crippen LogP contribution in [0.15, 0.2) is 36.4 Å². The lowest BCUT2D eigenvalue weighted by atomic mass is 10.1. The van der Waals surface area contributed by atoms with Crippen LogP contribution in [0.4, 0.5) is 0 Å². The van der Waals surface area contributed by atoms with Crippen LogP contribution >= 0.6 is 0 Å². The summed E-state index contributed by atoms with van der Waals surface area (Å²) >= 11 is 0. The Morgan fingerprint density at radius 3 is 2.56 bits per heavy atom. The fourth-order valence-electron chi connectivity index (χ4n) is 1.70. The van der Waals surface area contributed by atoms with E-state index in [2.05, 4.69) is 4.98 Å². The van der Waals surface area contributed by atoms with Gasteiger partial charge in [-0.1, -0.05) is 30.3 Å². The Labute approximate surface area is 103 Å². The number of benzene rings is 1. The highest BCUT2D eigenvalue weighted by Gasteiger charge is 2.18. The van der Waals surface area contributed by atoms with Crippen LogP contribution in [-0.2, 0) is 11.2 Å². The number of carbonyl (C=O) groups is 1. The molecule has 0 amide bonds. The normalized spacial score (nSPS) is 12.3. The molecule has 18 heavy (non-hydrogen) atoms. The van der Waals surface area contributed by atoms with Crippen molar-refractivity contribution in [1.82, 2.24) is 4.98 Å². The molecule has 1 heterocycles. The molecule has 1 atom stereocenters. The van der Waals surface area contributed by atoms with Gasteiger partial charge < -0.3 is 20.3 Å². The molecule has 94 valence electrons. The average Bonchev–Trinajstić information content (AvgIpc) is 2.72. The minimum atomic E-state index is -1.53. The van der Waals surface area contributed by atoms with Crippen LogP contribution in [0.2, 0.25) is 0 Å². The highest BCUT2D eigenvalue weighted by atomic mass is 16.4. The van der Waals surface area contributed by atoms with Gasteiger partial charge in [0.2, 0.25) is 0 Å². The standard InChI is InChI=1S/C13H13NO4/c15-11-6-9(8-4-2-1-3-5-8)14-10(11)7-12(16)13(17)18/h1-6,12,14-16H,7H2,(H,17,18). The molecule has 0 aliphatic rings. The summed E-state index contributed by atoms with van der Waals surface area (Å²) in [6.45, 7) is 0. The number of hydrogen-bond donors (Lipinski definition) is 4. The van der Waals surface area contributed by atoms with Crippen LogP contribution in [0.25, 0.3) is 11.3 Å². The molecule has 0 radical (unpaired) electrons. The predicted molar refractivity (Wildman–Crippen MR) is 65.2 cm³/mol. The number of aromatic hydroxyl groups is 1. The minimum Gasteiger partial charge on any atom is -0.506 e. The second-order valence-electron chi connectivity index (χ2n) is 3.97. The third kappa shape index (κ3) is 2.52. The van der Waals surface area contributed by atoms with E-state index in [0.717, 1.165) is 5.56 Å². The van der Waals surface area contributed by atoms with E-state index in [0.29, 0.717) is 11.4 Å². The topological polar surface area (TPSA) is 93.5 Å². The molecule has 1 unspecified atom stereocenters. The van der Waals surface area contributed by atoms with Gasteiger partial charge in [0.1, 0.15) is 5.75 Å². The first-order valence-corrected chi connectivity index (χ1v) is 5.45. The highest BCUT2D eigenvalue weighted by molar-refractivity contribution is 5.72. The first-order valence-electron chi connectivity index (χ1n) is 5.45. The summed E-state index contributed by atoms with van der Waals surface area (Å²) in [6.07, 6.45) is -1.69. The Morgan fingerprint density at radius 1 is 1.28 bits per heavy atom. The monoisotopic (exact) mass is 247 g/mol. The summed E-state index contributed by atoms with van der Waals surface area (Å²) in [6, 6.07) is 10.8. The van der Waals surface area contributed by atoms with Crippen molar-refractivity contribution in [1.29, 1.82) is 0 Å². The van der Waals surface area contributed by atoms with Crippen LogP contribution in [-0.4, -0.2) is 32.4 Å². The van der Waals surface area contributed by atoms with Gasteiger partial charge in [0, 0.05) is 18.2 Å². The van der Waals surface area contributed by atoms with Crippen molar-refractivity contribution >= 4 is 5.97 Å². The van der Waals surface area contributed by atoms with E-state index in [9.17, 15) is 15.0 Å². The van der Waals surface area contributed by atoms with Crippen molar-refractivity contribution in [3.05, 3.63) is 42.1 Å². The first kappa shape index (κ1) is 12.2. The quantitative estimate of drug-likeness (QED) is 0.656. The maximum Gasteiger partial charge on any atom is 0.332 e. The summed E-state index contributed by atoms with van der Waals surface area (Å²) in [5.41, 5.74) is 1.87. The van der Waals surface area contributed by atoms with Gasteiger partial charge in [0.25, 0.3) is 0 Å². The third-order valence-electron chi connectivity index (χ3n) is 2.64. The number of aliphatic hydroxyl groups excluding tert-OH is 1. The Hall–Kier alpha value is -2.27. The molecule has 5 heteroatoms. The summed E-state index contributed by atoms with van der Waals surface area (Å²) in [4.78, 5) is 13.5. The minimum absolute atomic E-state index is 0.0471. The van der Waals surface area contributed by atoms with E-state index < -0.39 is 12.1 Å². The molecule has 0 spiro atoms. The van der Waals surface area contributed by atoms with Crippen LogP contribution in [0.5, 0.6) is 5.75 Å². The third-order valence-corrected chi connectivity index (χ3v) is 2.64. The summed E-state index contributed by atoms with van der Waals surface area (Å²) in [7, 11) is 0. The Morgan fingerprint density at radius 2 is 1.94 bits per heavy atom. The van der Waals surface area contributed by atoms with Crippen molar-refractivity contribution in [3.63, 3.8) is 0 Å². The Bertz CT molecular complexity index is 547. The number of aromatic amines is 1. The maximum absolute atomic E-state index is 10.5. The lowest BCUT2D eigenvalue weighted by Crippen LogP contribution is -2.22. The van der Waals surface area contributed by atoms with Crippen LogP contribution in [0, 0.1) is 0 Å². The number of aliphatic carboxylic acids is 1.